The summed E-state index contributed by atoms with van der Waals surface area (Å²) >= 11 is 5.70. The van der Waals surface area contributed by atoms with Crippen molar-refractivity contribution in [3.8, 4) is 0 Å². The highest BCUT2D eigenvalue weighted by atomic mass is 35.5. The van der Waals surface area contributed by atoms with Gasteiger partial charge in [0.05, 0.1) is 6.54 Å². The molecule has 1 amide bonds. The van der Waals surface area contributed by atoms with Crippen molar-refractivity contribution in [2.45, 2.75) is 26.4 Å². The molecule has 0 saturated heterocycles. The van der Waals surface area contributed by atoms with Crippen molar-refractivity contribution < 1.29 is 4.79 Å². The second kappa shape index (κ2) is 5.82. The lowest BCUT2D eigenvalue weighted by molar-refractivity contribution is -0.119. The third kappa shape index (κ3) is 4.16. The number of nitrogens with two attached hydrogens (primary N) is 1. The number of nitrogens with zero attached hydrogens (tertiary/aromatic N) is 2. The molecule has 0 fully saturated rings. The van der Waals surface area contributed by atoms with Crippen molar-refractivity contribution in [1.29, 1.82) is 0 Å². The smallest absolute Gasteiger partial charge is 0.231 e. The lowest BCUT2D eigenvalue weighted by Crippen LogP contribution is -2.37. The first-order chi connectivity index (χ1) is 7.49. The van der Waals surface area contributed by atoms with Gasteiger partial charge in [-0.3, -0.25) is 9.69 Å². The van der Waals surface area contributed by atoms with E-state index in [-0.39, 0.29) is 18.5 Å². The number of hydrogen-bond donors (Lipinski definition) is 1. The molecule has 1 heterocycles. The summed E-state index contributed by atoms with van der Waals surface area (Å²) < 4.78 is 0. The molecule has 0 aromatic carbocycles. The Kier molecular flexibility index (Phi) is 4.71. The summed E-state index contributed by atoms with van der Waals surface area (Å²) in [5, 5.41) is 0.467. The molecule has 0 spiro atoms. The van der Waals surface area contributed by atoms with Crippen molar-refractivity contribution in [2.75, 3.05) is 6.54 Å². The van der Waals surface area contributed by atoms with Gasteiger partial charge in [0.2, 0.25) is 5.91 Å². The second-order valence-electron chi connectivity index (χ2n) is 3.95. The van der Waals surface area contributed by atoms with Crippen LogP contribution in [0.5, 0.6) is 0 Å². The molecule has 1 rings (SSSR count). The molecule has 16 heavy (non-hydrogen) atoms. The molecule has 0 radical (unpaired) electrons. The Morgan fingerprint density at radius 1 is 1.56 bits per heavy atom. The summed E-state index contributed by atoms with van der Waals surface area (Å²) in [6, 6.07) is 3.88. The zero-order valence-electron chi connectivity index (χ0n) is 9.48. The van der Waals surface area contributed by atoms with E-state index in [4.69, 9.17) is 17.3 Å². The first-order valence-electron chi connectivity index (χ1n) is 5.12. The van der Waals surface area contributed by atoms with Crippen molar-refractivity contribution >= 4 is 17.5 Å². The Labute approximate surface area is 100 Å². The molecule has 0 unspecified atom stereocenters. The highest BCUT2D eigenvalue weighted by molar-refractivity contribution is 6.29. The summed E-state index contributed by atoms with van der Waals surface area (Å²) in [7, 11) is 0. The fourth-order valence-corrected chi connectivity index (χ4v) is 1.47. The van der Waals surface area contributed by atoms with Crippen molar-refractivity contribution in [2.24, 2.45) is 5.73 Å². The fourth-order valence-electron chi connectivity index (χ4n) is 1.36. The van der Waals surface area contributed by atoms with E-state index in [1.54, 1.807) is 12.3 Å². The monoisotopic (exact) mass is 241 g/mol. The predicted molar refractivity (Wildman–Crippen MR) is 64.0 cm³/mol. The predicted octanol–water partition coefficient (Wildman–Crippen LogP) is 1.43. The summed E-state index contributed by atoms with van der Waals surface area (Å²) in [4.78, 5) is 16.9. The molecular formula is C11H16ClN3O. The number of pyridine rings is 1. The third-order valence-corrected chi connectivity index (χ3v) is 2.49. The van der Waals surface area contributed by atoms with Crippen molar-refractivity contribution in [1.82, 2.24) is 9.88 Å². The molecule has 5 heteroatoms. The molecule has 1 aromatic rings. The Morgan fingerprint density at radius 3 is 2.69 bits per heavy atom. The number of hydrogen-bond acceptors (Lipinski definition) is 3. The van der Waals surface area contributed by atoms with Gasteiger partial charge in [-0.1, -0.05) is 17.7 Å². The van der Waals surface area contributed by atoms with E-state index in [0.717, 1.165) is 5.56 Å². The SMILES string of the molecule is CC(C)N(CC(N)=O)Cc1ccc(Cl)nc1. The summed E-state index contributed by atoms with van der Waals surface area (Å²) in [5.41, 5.74) is 6.20. The summed E-state index contributed by atoms with van der Waals surface area (Å²) in [6.07, 6.45) is 1.71. The largest absolute Gasteiger partial charge is 0.369 e. The molecule has 4 nitrogen and oxygen atoms in total. The van der Waals surface area contributed by atoms with Crippen LogP contribution < -0.4 is 5.73 Å². The van der Waals surface area contributed by atoms with E-state index in [1.807, 2.05) is 24.8 Å². The Hall–Kier alpha value is -1.13. The van der Waals surface area contributed by atoms with Gasteiger partial charge >= 0.3 is 0 Å². The lowest BCUT2D eigenvalue weighted by atomic mass is 10.2. The Bertz CT molecular complexity index is 351. The minimum atomic E-state index is -0.323. The molecule has 0 atom stereocenters. The van der Waals surface area contributed by atoms with E-state index >= 15 is 0 Å². The van der Waals surface area contributed by atoms with Gasteiger partial charge in [-0.25, -0.2) is 4.98 Å². The fraction of sp³-hybridized carbons (Fsp3) is 0.455. The quantitative estimate of drug-likeness (QED) is 0.794. The van der Waals surface area contributed by atoms with Crippen LogP contribution in [0.1, 0.15) is 19.4 Å². The van der Waals surface area contributed by atoms with Gasteiger partial charge in [-0.2, -0.15) is 0 Å². The average Bonchev–Trinajstić information content (AvgIpc) is 2.19. The van der Waals surface area contributed by atoms with Gasteiger partial charge in [0.15, 0.2) is 0 Å². The maximum Gasteiger partial charge on any atom is 0.231 e. The van der Waals surface area contributed by atoms with Crippen LogP contribution in [0.25, 0.3) is 0 Å². The first-order valence-corrected chi connectivity index (χ1v) is 5.49. The number of primary amides is 1. The van der Waals surface area contributed by atoms with Gasteiger partial charge < -0.3 is 5.73 Å². The van der Waals surface area contributed by atoms with Crippen molar-refractivity contribution in [3.63, 3.8) is 0 Å². The summed E-state index contributed by atoms with van der Waals surface area (Å²) in [6.45, 7) is 4.93. The van der Waals surface area contributed by atoms with E-state index in [0.29, 0.717) is 11.7 Å². The molecule has 1 aromatic heterocycles. The van der Waals surface area contributed by atoms with Crippen LogP contribution >= 0.6 is 11.6 Å². The molecular weight excluding hydrogens is 226 g/mol. The van der Waals surface area contributed by atoms with Gasteiger partial charge in [0, 0.05) is 18.8 Å². The van der Waals surface area contributed by atoms with Gasteiger partial charge in [0.25, 0.3) is 0 Å². The molecule has 0 aliphatic carbocycles. The van der Waals surface area contributed by atoms with Crippen LogP contribution in [-0.2, 0) is 11.3 Å². The number of halogens is 1. The summed E-state index contributed by atoms with van der Waals surface area (Å²) in [5.74, 6) is -0.323. The zero-order valence-corrected chi connectivity index (χ0v) is 10.2. The molecule has 88 valence electrons. The lowest BCUT2D eigenvalue weighted by Gasteiger charge is -2.24. The third-order valence-electron chi connectivity index (χ3n) is 2.26. The molecule has 0 bridgehead atoms. The number of carbonyl (C=O) groups is 1. The van der Waals surface area contributed by atoms with Crippen LogP contribution in [0.15, 0.2) is 18.3 Å². The van der Waals surface area contributed by atoms with Gasteiger partial charge in [0.1, 0.15) is 5.15 Å². The Morgan fingerprint density at radius 2 is 2.25 bits per heavy atom. The van der Waals surface area contributed by atoms with E-state index < -0.39 is 0 Å². The highest BCUT2D eigenvalue weighted by Crippen LogP contribution is 2.09. The molecule has 0 saturated carbocycles. The maximum absolute atomic E-state index is 10.9. The second-order valence-corrected chi connectivity index (χ2v) is 4.34. The zero-order chi connectivity index (χ0) is 12.1. The number of rotatable bonds is 5. The van der Waals surface area contributed by atoms with Gasteiger partial charge in [-0.15, -0.1) is 0 Å². The van der Waals surface area contributed by atoms with E-state index in [2.05, 4.69) is 4.98 Å². The van der Waals surface area contributed by atoms with Crippen LogP contribution in [0.2, 0.25) is 5.15 Å². The van der Waals surface area contributed by atoms with Crippen LogP contribution in [0.3, 0.4) is 0 Å². The van der Waals surface area contributed by atoms with Crippen LogP contribution in [0.4, 0.5) is 0 Å². The normalized spacial score (nSPS) is 11.1. The van der Waals surface area contributed by atoms with Crippen LogP contribution in [-0.4, -0.2) is 28.4 Å². The average molecular weight is 242 g/mol. The minimum Gasteiger partial charge on any atom is -0.369 e. The minimum absolute atomic E-state index is 0.250. The Balaban J connectivity index is 2.67. The first kappa shape index (κ1) is 12.9. The number of carbonyl (C=O) groups excluding carboxylic acids is 1. The van der Waals surface area contributed by atoms with E-state index in [1.165, 1.54) is 0 Å². The molecule has 2 N–H and O–H groups in total. The molecule has 0 aliphatic heterocycles. The standard InChI is InChI=1S/C11H16ClN3O/c1-8(2)15(7-11(13)16)6-9-3-4-10(12)14-5-9/h3-5,8H,6-7H2,1-2H3,(H2,13,16). The number of aromatic nitrogens is 1. The number of amides is 1. The topological polar surface area (TPSA) is 59.2 Å². The van der Waals surface area contributed by atoms with E-state index in [9.17, 15) is 4.79 Å². The molecule has 0 aliphatic rings. The van der Waals surface area contributed by atoms with Crippen LogP contribution in [0, 0.1) is 0 Å². The highest BCUT2D eigenvalue weighted by Gasteiger charge is 2.12. The van der Waals surface area contributed by atoms with Crippen molar-refractivity contribution in [3.05, 3.63) is 29.0 Å². The maximum atomic E-state index is 10.9. The van der Waals surface area contributed by atoms with Gasteiger partial charge in [-0.05, 0) is 25.5 Å².